The van der Waals surface area contributed by atoms with Gasteiger partial charge in [0.2, 0.25) is 0 Å². The van der Waals surface area contributed by atoms with Crippen LogP contribution < -0.4 is 5.73 Å². The fourth-order valence-corrected chi connectivity index (χ4v) is 1.43. The molecule has 0 bridgehead atoms. The first-order chi connectivity index (χ1) is 8.54. The summed E-state index contributed by atoms with van der Waals surface area (Å²) in [6.45, 7) is 5.61. The van der Waals surface area contributed by atoms with Gasteiger partial charge in [0, 0.05) is 6.20 Å². The molecule has 0 fully saturated rings. The van der Waals surface area contributed by atoms with E-state index in [2.05, 4.69) is 4.98 Å². The molecule has 1 aromatic rings. The molecule has 1 unspecified atom stereocenters. The second kappa shape index (κ2) is 6.87. The Morgan fingerprint density at radius 3 is 2.67 bits per heavy atom. The predicted molar refractivity (Wildman–Crippen MR) is 73.7 cm³/mol. The predicted octanol–water partition coefficient (Wildman–Crippen LogP) is 3.77. The Bertz CT molecular complexity index is 470. The van der Waals surface area contributed by atoms with Gasteiger partial charge in [-0.05, 0) is 44.6 Å². The van der Waals surface area contributed by atoms with E-state index in [4.69, 9.17) is 5.73 Å². The number of hydrogen-bond donors (Lipinski definition) is 1. The van der Waals surface area contributed by atoms with Crippen LogP contribution in [0.2, 0.25) is 0 Å². The third-order valence-electron chi connectivity index (χ3n) is 2.57. The molecule has 18 heavy (non-hydrogen) atoms. The summed E-state index contributed by atoms with van der Waals surface area (Å²) in [5.74, 6) is -0.291. The zero-order chi connectivity index (χ0) is 13.5. The minimum atomic E-state index is -0.305. The molecule has 0 spiro atoms. The van der Waals surface area contributed by atoms with Crippen molar-refractivity contribution < 1.29 is 4.39 Å². The summed E-state index contributed by atoms with van der Waals surface area (Å²) in [7, 11) is 0. The number of rotatable bonds is 4. The molecule has 0 aliphatic rings. The Kier molecular flexibility index (Phi) is 5.46. The van der Waals surface area contributed by atoms with Gasteiger partial charge in [-0.2, -0.15) is 0 Å². The van der Waals surface area contributed by atoms with E-state index in [9.17, 15) is 4.39 Å². The van der Waals surface area contributed by atoms with Crippen LogP contribution in [-0.2, 0) is 0 Å². The molecule has 1 rings (SSSR count). The molecule has 0 aromatic carbocycles. The van der Waals surface area contributed by atoms with E-state index in [1.165, 1.54) is 12.2 Å². The normalized spacial score (nSPS) is 15.2. The van der Waals surface area contributed by atoms with E-state index in [0.717, 1.165) is 16.8 Å². The molecule has 96 valence electrons. The van der Waals surface area contributed by atoms with Gasteiger partial charge in [-0.3, -0.25) is 4.98 Å². The number of allylic oxidation sites excluding steroid dienone is 5. The van der Waals surface area contributed by atoms with Crippen molar-refractivity contribution in [3.8, 4) is 0 Å². The summed E-state index contributed by atoms with van der Waals surface area (Å²) in [5, 5.41) is 0. The molecule has 2 nitrogen and oxygen atoms in total. The maximum atomic E-state index is 13.2. The summed E-state index contributed by atoms with van der Waals surface area (Å²) in [6, 6.07) is 3.55. The summed E-state index contributed by atoms with van der Waals surface area (Å²) < 4.78 is 13.2. The quantitative estimate of drug-likeness (QED) is 0.821. The van der Waals surface area contributed by atoms with Crippen LogP contribution in [0.4, 0.5) is 4.39 Å². The van der Waals surface area contributed by atoms with Crippen molar-refractivity contribution in [1.82, 2.24) is 4.98 Å². The Morgan fingerprint density at radius 1 is 1.39 bits per heavy atom. The highest BCUT2D eigenvalue weighted by Gasteiger charge is 2.08. The highest BCUT2D eigenvalue weighted by molar-refractivity contribution is 5.27. The second-order valence-electron chi connectivity index (χ2n) is 4.20. The first kappa shape index (κ1) is 14.3. The Labute approximate surface area is 108 Å². The first-order valence-corrected chi connectivity index (χ1v) is 5.89. The fraction of sp³-hybridized carbons (Fsp3) is 0.267. The lowest BCUT2D eigenvalue weighted by Crippen LogP contribution is -2.13. The molecule has 0 saturated carbocycles. The molecule has 0 saturated heterocycles. The van der Waals surface area contributed by atoms with Crippen molar-refractivity contribution in [2.24, 2.45) is 5.73 Å². The van der Waals surface area contributed by atoms with E-state index in [0.29, 0.717) is 0 Å². The molecule has 2 N–H and O–H groups in total. The van der Waals surface area contributed by atoms with Crippen LogP contribution in [0.1, 0.15) is 31.1 Å². The van der Waals surface area contributed by atoms with Crippen molar-refractivity contribution in [3.63, 3.8) is 0 Å². The van der Waals surface area contributed by atoms with Crippen LogP contribution in [0.3, 0.4) is 0 Å². The average Bonchev–Trinajstić information content (AvgIpc) is 2.36. The first-order valence-electron chi connectivity index (χ1n) is 5.89. The minimum absolute atomic E-state index is 0.291. The van der Waals surface area contributed by atoms with E-state index in [1.54, 1.807) is 25.3 Å². The smallest absolute Gasteiger partial charge is 0.122 e. The van der Waals surface area contributed by atoms with E-state index in [-0.39, 0.29) is 11.9 Å². The summed E-state index contributed by atoms with van der Waals surface area (Å²) in [5.41, 5.74) is 8.79. The van der Waals surface area contributed by atoms with Crippen molar-refractivity contribution >= 4 is 0 Å². The summed E-state index contributed by atoms with van der Waals surface area (Å²) in [4.78, 5) is 4.27. The van der Waals surface area contributed by atoms with Crippen molar-refractivity contribution in [3.05, 3.63) is 65.3 Å². The SMILES string of the molecule is C/C=C/C(F)=C\C=C(/C)C(N)c1ccc(C)cn1. The van der Waals surface area contributed by atoms with Gasteiger partial charge in [0.1, 0.15) is 5.83 Å². The zero-order valence-electron chi connectivity index (χ0n) is 11.0. The van der Waals surface area contributed by atoms with Crippen LogP contribution in [-0.4, -0.2) is 4.98 Å². The molecule has 3 heteroatoms. The lowest BCUT2D eigenvalue weighted by atomic mass is 10.0. The highest BCUT2D eigenvalue weighted by atomic mass is 19.1. The summed E-state index contributed by atoms with van der Waals surface area (Å²) in [6.07, 6.45) is 7.92. The van der Waals surface area contributed by atoms with Gasteiger partial charge in [0.15, 0.2) is 0 Å². The lowest BCUT2D eigenvalue weighted by molar-refractivity contribution is 0.666. The number of hydrogen-bond acceptors (Lipinski definition) is 2. The van der Waals surface area contributed by atoms with Crippen molar-refractivity contribution in [2.45, 2.75) is 26.8 Å². The highest BCUT2D eigenvalue weighted by Crippen LogP contribution is 2.17. The van der Waals surface area contributed by atoms with Gasteiger partial charge in [-0.1, -0.05) is 23.8 Å². The standard InChI is InChI=1S/C15H19FN2/c1-4-5-13(16)8-7-12(3)15(17)14-9-6-11(2)10-18-14/h4-10,15H,17H2,1-3H3/b5-4+,12-7+,13-8+. The van der Waals surface area contributed by atoms with Crippen LogP contribution in [0.25, 0.3) is 0 Å². The Balaban J connectivity index is 2.83. The molecule has 1 heterocycles. The molecule has 0 amide bonds. The maximum Gasteiger partial charge on any atom is 0.122 e. The largest absolute Gasteiger partial charge is 0.319 e. The van der Waals surface area contributed by atoms with Gasteiger partial charge in [-0.25, -0.2) is 4.39 Å². The number of aryl methyl sites for hydroxylation is 1. The summed E-state index contributed by atoms with van der Waals surface area (Å²) >= 11 is 0. The second-order valence-corrected chi connectivity index (χ2v) is 4.20. The third-order valence-corrected chi connectivity index (χ3v) is 2.57. The van der Waals surface area contributed by atoms with E-state index >= 15 is 0 Å². The van der Waals surface area contributed by atoms with Gasteiger partial charge in [0.05, 0.1) is 11.7 Å². The average molecular weight is 246 g/mol. The Hall–Kier alpha value is -1.74. The lowest BCUT2D eigenvalue weighted by Gasteiger charge is -2.11. The van der Waals surface area contributed by atoms with Crippen LogP contribution >= 0.6 is 0 Å². The third kappa shape index (κ3) is 4.26. The van der Waals surface area contributed by atoms with E-state index < -0.39 is 0 Å². The number of pyridine rings is 1. The van der Waals surface area contributed by atoms with Crippen LogP contribution in [0.15, 0.2) is 54.0 Å². The van der Waals surface area contributed by atoms with Crippen LogP contribution in [0.5, 0.6) is 0 Å². The maximum absolute atomic E-state index is 13.2. The number of halogens is 1. The van der Waals surface area contributed by atoms with E-state index in [1.807, 2.05) is 26.0 Å². The molecular formula is C15H19FN2. The molecule has 0 aliphatic heterocycles. The van der Waals surface area contributed by atoms with Crippen molar-refractivity contribution in [2.75, 3.05) is 0 Å². The topological polar surface area (TPSA) is 38.9 Å². The monoisotopic (exact) mass is 246 g/mol. The van der Waals surface area contributed by atoms with Gasteiger partial charge < -0.3 is 5.73 Å². The van der Waals surface area contributed by atoms with Gasteiger partial charge >= 0.3 is 0 Å². The molecule has 1 aromatic heterocycles. The molecule has 1 atom stereocenters. The Morgan fingerprint density at radius 2 is 2.11 bits per heavy atom. The molecular weight excluding hydrogens is 227 g/mol. The molecule has 0 radical (unpaired) electrons. The van der Waals surface area contributed by atoms with Gasteiger partial charge in [0.25, 0.3) is 0 Å². The number of aromatic nitrogens is 1. The zero-order valence-corrected chi connectivity index (χ0v) is 11.0. The van der Waals surface area contributed by atoms with Crippen molar-refractivity contribution in [1.29, 1.82) is 0 Å². The fourth-order valence-electron chi connectivity index (χ4n) is 1.43. The number of nitrogens with zero attached hydrogens (tertiary/aromatic N) is 1. The van der Waals surface area contributed by atoms with Crippen LogP contribution in [0, 0.1) is 6.92 Å². The van der Waals surface area contributed by atoms with Gasteiger partial charge in [-0.15, -0.1) is 0 Å². The molecule has 0 aliphatic carbocycles. The number of nitrogens with two attached hydrogens (primary N) is 1. The minimum Gasteiger partial charge on any atom is -0.319 e.